The largest absolute Gasteiger partial charge is 0.480 e. The number of carboxylic acids is 1. The Morgan fingerprint density at radius 2 is 1.40 bits per heavy atom. The number of amides is 6. The number of para-hydroxylation sites is 1. The van der Waals surface area contributed by atoms with Crippen LogP contribution in [0.4, 0.5) is 0 Å². The summed E-state index contributed by atoms with van der Waals surface area (Å²) in [5.74, 6) is -5.66. The number of aromatic nitrogens is 5. The Balaban J connectivity index is 1.25. The van der Waals surface area contributed by atoms with Crippen LogP contribution in [0.1, 0.15) is 69.3 Å². The first-order valence-corrected chi connectivity index (χ1v) is 21.8. The van der Waals surface area contributed by atoms with Crippen LogP contribution in [-0.4, -0.2) is 143 Å². The third-order valence-electron chi connectivity index (χ3n) is 11.2. The Kier molecular flexibility index (Phi) is 18.1. The summed E-state index contributed by atoms with van der Waals surface area (Å²) in [6, 6.07) is -0.991. The van der Waals surface area contributed by atoms with Crippen LogP contribution in [0.5, 0.6) is 0 Å². The zero-order valence-electron chi connectivity index (χ0n) is 36.5. The number of aliphatic hydroxyl groups excluding tert-OH is 1. The summed E-state index contributed by atoms with van der Waals surface area (Å²) < 4.78 is 0. The van der Waals surface area contributed by atoms with E-state index in [1.165, 1.54) is 29.9 Å². The molecule has 22 heteroatoms. The third-order valence-corrected chi connectivity index (χ3v) is 11.2. The maximum atomic E-state index is 14.1. The summed E-state index contributed by atoms with van der Waals surface area (Å²) in [4.78, 5) is 113. The maximum absolute atomic E-state index is 14.1. The maximum Gasteiger partial charge on any atom is 0.326 e. The van der Waals surface area contributed by atoms with E-state index >= 15 is 0 Å². The van der Waals surface area contributed by atoms with Gasteiger partial charge in [0.05, 0.1) is 25.3 Å². The Bertz CT molecular complexity index is 2210. The third kappa shape index (κ3) is 13.9. The fourth-order valence-electron chi connectivity index (χ4n) is 7.79. The number of aromatic amines is 3. The average molecular weight is 904 g/mol. The molecule has 1 aliphatic rings. The minimum absolute atomic E-state index is 0.0671. The van der Waals surface area contributed by atoms with E-state index in [1.807, 2.05) is 38.1 Å². The van der Waals surface area contributed by atoms with Gasteiger partial charge in [0.1, 0.15) is 36.3 Å². The molecular formula is C43H61N13O9. The van der Waals surface area contributed by atoms with Crippen molar-refractivity contribution in [2.24, 2.45) is 17.4 Å². The molecule has 0 aliphatic carbocycles. The van der Waals surface area contributed by atoms with Gasteiger partial charge < -0.3 is 68.1 Å². The highest BCUT2D eigenvalue weighted by Crippen LogP contribution is 2.21. The van der Waals surface area contributed by atoms with Crippen LogP contribution in [0.15, 0.2) is 55.5 Å². The lowest BCUT2D eigenvalue weighted by molar-refractivity contribution is -0.143. The molecule has 1 fully saturated rings. The molecule has 0 bridgehead atoms. The molecule has 6 amide bonds. The first-order valence-electron chi connectivity index (χ1n) is 21.8. The number of H-pyrrole nitrogens is 3. The molecule has 352 valence electrons. The molecule has 4 heterocycles. The minimum Gasteiger partial charge on any atom is -0.480 e. The quantitative estimate of drug-likeness (QED) is 0.0342. The molecule has 0 unspecified atom stereocenters. The minimum atomic E-state index is -1.48. The van der Waals surface area contributed by atoms with Crippen LogP contribution in [0, 0.1) is 5.92 Å². The Morgan fingerprint density at radius 1 is 0.785 bits per heavy atom. The lowest BCUT2D eigenvalue weighted by Gasteiger charge is -2.30. The zero-order chi connectivity index (χ0) is 47.0. The molecule has 0 radical (unpaired) electrons. The molecule has 22 nitrogen and oxygen atoms in total. The van der Waals surface area contributed by atoms with E-state index in [2.05, 4.69) is 51.5 Å². The number of carbonyl (C=O) groups excluding carboxylic acids is 6. The zero-order valence-corrected chi connectivity index (χ0v) is 36.5. The fraction of sp³-hybridized carbons (Fsp3) is 0.512. The van der Waals surface area contributed by atoms with Gasteiger partial charge in [-0.25, -0.2) is 14.8 Å². The van der Waals surface area contributed by atoms with Crippen LogP contribution in [-0.2, 0) is 52.8 Å². The number of rotatable bonds is 25. The van der Waals surface area contributed by atoms with Crippen LogP contribution in [0.25, 0.3) is 10.9 Å². The molecule has 1 aliphatic heterocycles. The van der Waals surface area contributed by atoms with Gasteiger partial charge in [-0.1, -0.05) is 32.0 Å². The number of aliphatic hydroxyl groups is 1. The van der Waals surface area contributed by atoms with E-state index in [0.717, 1.165) is 16.5 Å². The van der Waals surface area contributed by atoms with E-state index in [0.29, 0.717) is 37.2 Å². The first kappa shape index (κ1) is 49.4. The number of nitrogens with two attached hydrogens (primary N) is 2. The normalized spacial score (nSPS) is 16.5. The summed E-state index contributed by atoms with van der Waals surface area (Å²) in [5, 5.41) is 34.3. The molecule has 1 saturated heterocycles. The highest BCUT2D eigenvalue weighted by Gasteiger charge is 2.40. The smallest absolute Gasteiger partial charge is 0.326 e. The number of aliphatic carboxylic acids is 1. The number of nitrogens with one attached hydrogen (secondary N) is 8. The molecule has 7 atom stereocenters. The fourth-order valence-corrected chi connectivity index (χ4v) is 7.79. The summed E-state index contributed by atoms with van der Waals surface area (Å²) in [6.07, 6.45) is 9.23. The molecule has 0 spiro atoms. The van der Waals surface area contributed by atoms with Crippen molar-refractivity contribution in [2.45, 2.75) is 114 Å². The predicted octanol–water partition coefficient (Wildman–Crippen LogP) is -1.36. The summed E-state index contributed by atoms with van der Waals surface area (Å²) >= 11 is 0. The number of nitrogens with zero attached hydrogens (tertiary/aromatic N) is 3. The number of likely N-dealkylation sites (tertiary alicyclic amines) is 1. The van der Waals surface area contributed by atoms with Crippen molar-refractivity contribution in [2.75, 3.05) is 19.7 Å². The van der Waals surface area contributed by atoms with Crippen molar-refractivity contribution >= 4 is 52.3 Å². The van der Waals surface area contributed by atoms with Gasteiger partial charge in [-0.15, -0.1) is 0 Å². The monoisotopic (exact) mass is 903 g/mol. The molecule has 0 saturated carbocycles. The Hall–Kier alpha value is -6.65. The number of fused-ring (bicyclic) bond motifs is 1. The molecule has 3 aromatic heterocycles. The number of carbonyl (C=O) groups is 7. The van der Waals surface area contributed by atoms with Crippen molar-refractivity contribution in [3.8, 4) is 0 Å². The van der Waals surface area contributed by atoms with Gasteiger partial charge in [-0.05, 0) is 69.0 Å². The van der Waals surface area contributed by atoms with Crippen molar-refractivity contribution in [3.05, 3.63) is 72.5 Å². The lowest BCUT2D eigenvalue weighted by Crippen LogP contribution is -2.60. The highest BCUT2D eigenvalue weighted by molar-refractivity contribution is 5.97. The van der Waals surface area contributed by atoms with Gasteiger partial charge in [-0.2, -0.15) is 0 Å². The van der Waals surface area contributed by atoms with E-state index < -0.39 is 90.3 Å². The lowest BCUT2D eigenvalue weighted by atomic mass is 10.0. The molecule has 4 aromatic rings. The Morgan fingerprint density at radius 3 is 2.03 bits per heavy atom. The summed E-state index contributed by atoms with van der Waals surface area (Å²) in [5.41, 5.74) is 14.6. The topological polar surface area (TPSA) is 349 Å². The standard InChI is InChI=1S/C43H61N13O9/c1-24(2)14-32(52-37(58)29(45)15-25-18-48-30-9-4-3-8-28(25)30)39(60)55-35(21-57)42(63)56-13-7-11-36(56)41(62)53-33(16-26-19-46-22-49-26)40(61)51-31(10-5-6-12-44)38(59)54-34(43(64)65)17-27-20-47-23-50-27/h3-4,8-9,18-20,22-24,29,31-36,48,57H,5-7,10-17,21,44-45H2,1-2H3,(H,46,49)(H,47,50)(H,51,61)(H,52,58)(H,53,62)(H,54,59)(H,55,60)(H,64,65)/t29-,31-,32-,33-,34-,35-,36-/m0/s1. The highest BCUT2D eigenvalue weighted by atomic mass is 16.4. The molecule has 5 rings (SSSR count). The van der Waals surface area contributed by atoms with Crippen molar-refractivity contribution in [1.82, 2.24) is 56.4 Å². The first-order chi connectivity index (χ1) is 31.2. The summed E-state index contributed by atoms with van der Waals surface area (Å²) in [7, 11) is 0. The second-order valence-corrected chi connectivity index (χ2v) is 16.7. The van der Waals surface area contributed by atoms with E-state index in [4.69, 9.17) is 11.5 Å². The van der Waals surface area contributed by atoms with Crippen LogP contribution < -0.4 is 38.1 Å². The van der Waals surface area contributed by atoms with Crippen molar-refractivity contribution < 1.29 is 43.8 Å². The number of hydrogen-bond acceptors (Lipinski definition) is 12. The molecule has 65 heavy (non-hydrogen) atoms. The number of benzene rings is 1. The van der Waals surface area contributed by atoms with Gasteiger partial charge in [0.25, 0.3) is 0 Å². The Labute approximate surface area is 375 Å². The summed E-state index contributed by atoms with van der Waals surface area (Å²) in [6.45, 7) is 3.31. The van der Waals surface area contributed by atoms with Crippen LogP contribution >= 0.6 is 0 Å². The van der Waals surface area contributed by atoms with Gasteiger partial charge >= 0.3 is 5.97 Å². The van der Waals surface area contributed by atoms with Crippen LogP contribution in [0.3, 0.4) is 0 Å². The molecular weight excluding hydrogens is 843 g/mol. The van der Waals surface area contributed by atoms with Crippen LogP contribution in [0.2, 0.25) is 0 Å². The van der Waals surface area contributed by atoms with Crippen molar-refractivity contribution in [1.29, 1.82) is 0 Å². The van der Waals surface area contributed by atoms with Gasteiger partial charge in [-0.3, -0.25) is 28.8 Å². The van der Waals surface area contributed by atoms with Gasteiger partial charge in [0.15, 0.2) is 0 Å². The SMILES string of the molecule is CC(C)C[C@H](NC(=O)[C@@H](N)Cc1c[nH]c2ccccc12)C(=O)N[C@@H](CO)C(=O)N1CCC[C@H]1C(=O)N[C@@H](Cc1cnc[nH]1)C(=O)N[C@@H](CCCCN)C(=O)N[C@@H](Cc1cnc[nH]1)C(=O)O. The predicted molar refractivity (Wildman–Crippen MR) is 236 cm³/mol. The van der Waals surface area contributed by atoms with Gasteiger partial charge in [0.2, 0.25) is 35.4 Å². The van der Waals surface area contributed by atoms with Gasteiger partial charge in [0, 0.05) is 60.3 Å². The number of hydrogen-bond donors (Lipinski definition) is 12. The average Bonchev–Trinajstić information content (AvgIpc) is 4.13. The van der Waals surface area contributed by atoms with E-state index in [9.17, 15) is 43.8 Å². The molecule has 14 N–H and O–H groups in total. The van der Waals surface area contributed by atoms with E-state index in [-0.39, 0.29) is 51.0 Å². The van der Waals surface area contributed by atoms with E-state index in [1.54, 1.807) is 6.20 Å². The van der Waals surface area contributed by atoms with Crippen molar-refractivity contribution in [3.63, 3.8) is 0 Å². The number of imidazole rings is 2. The second-order valence-electron chi connectivity index (χ2n) is 16.7. The number of carboxylic acid groups (broad SMARTS) is 1. The second kappa shape index (κ2) is 23.9. The number of unbranched alkanes of at least 4 members (excludes halogenated alkanes) is 1. The molecule has 1 aromatic carbocycles.